The summed E-state index contributed by atoms with van der Waals surface area (Å²) >= 11 is 0. The fourth-order valence-corrected chi connectivity index (χ4v) is 2.91. The quantitative estimate of drug-likeness (QED) is 0.414. The van der Waals surface area contributed by atoms with E-state index in [1.807, 2.05) is 35.9 Å². The number of nitrogens with zero attached hydrogens (tertiary/aromatic N) is 3. The number of nitro groups is 1. The van der Waals surface area contributed by atoms with Crippen molar-refractivity contribution in [3.05, 3.63) is 70.9 Å². The molecule has 24 heavy (non-hydrogen) atoms. The van der Waals surface area contributed by atoms with E-state index in [4.69, 9.17) is 4.74 Å². The molecule has 0 unspecified atom stereocenters. The molecular formula is C18H13N3O3. The van der Waals surface area contributed by atoms with E-state index in [1.165, 1.54) is 12.1 Å². The number of nitro benzene ring substituents is 1. The van der Waals surface area contributed by atoms with Crippen molar-refractivity contribution in [3.8, 4) is 11.5 Å². The van der Waals surface area contributed by atoms with Gasteiger partial charge in [-0.25, -0.2) is 4.98 Å². The van der Waals surface area contributed by atoms with Crippen LogP contribution in [0.2, 0.25) is 0 Å². The lowest BCUT2D eigenvalue weighted by atomic mass is 10.2. The van der Waals surface area contributed by atoms with Crippen molar-refractivity contribution in [2.45, 2.75) is 0 Å². The molecule has 0 atom stereocenters. The zero-order valence-electron chi connectivity index (χ0n) is 12.8. The van der Waals surface area contributed by atoms with Crippen molar-refractivity contribution in [2.24, 2.45) is 7.05 Å². The van der Waals surface area contributed by atoms with Crippen LogP contribution in [0.1, 0.15) is 0 Å². The number of non-ortho nitro benzene ring substituents is 1. The van der Waals surface area contributed by atoms with E-state index < -0.39 is 4.92 Å². The number of hydrogen-bond acceptors (Lipinski definition) is 4. The van der Waals surface area contributed by atoms with Crippen LogP contribution in [0.3, 0.4) is 0 Å². The van der Waals surface area contributed by atoms with Crippen LogP contribution in [-0.2, 0) is 7.05 Å². The molecule has 118 valence electrons. The second-order valence-corrected chi connectivity index (χ2v) is 5.44. The lowest BCUT2D eigenvalue weighted by Gasteiger charge is -2.07. The fraction of sp³-hybridized carbons (Fsp3) is 0.0556. The Balaban J connectivity index is 1.90. The number of aromatic nitrogens is 2. The largest absolute Gasteiger partial charge is 0.456 e. The smallest absolute Gasteiger partial charge is 0.273 e. The third kappa shape index (κ3) is 2.16. The first-order chi connectivity index (χ1) is 11.6. The lowest BCUT2D eigenvalue weighted by Crippen LogP contribution is -1.92. The van der Waals surface area contributed by atoms with Crippen molar-refractivity contribution >= 4 is 27.6 Å². The van der Waals surface area contributed by atoms with E-state index in [-0.39, 0.29) is 5.69 Å². The van der Waals surface area contributed by atoms with Crippen molar-refractivity contribution in [3.63, 3.8) is 0 Å². The zero-order chi connectivity index (χ0) is 16.7. The summed E-state index contributed by atoms with van der Waals surface area (Å²) in [5.74, 6) is 1.04. The molecule has 0 saturated carbocycles. The van der Waals surface area contributed by atoms with Gasteiger partial charge in [-0.3, -0.25) is 10.1 Å². The van der Waals surface area contributed by atoms with Gasteiger partial charge < -0.3 is 9.30 Å². The highest BCUT2D eigenvalue weighted by Crippen LogP contribution is 2.36. The summed E-state index contributed by atoms with van der Waals surface area (Å²) in [6.45, 7) is 0. The number of ether oxygens (including phenoxy) is 1. The summed E-state index contributed by atoms with van der Waals surface area (Å²) in [5, 5.41) is 12.9. The molecule has 0 bridgehead atoms. The van der Waals surface area contributed by atoms with Gasteiger partial charge in [0.25, 0.3) is 5.69 Å². The van der Waals surface area contributed by atoms with E-state index in [1.54, 1.807) is 24.4 Å². The minimum atomic E-state index is -0.438. The van der Waals surface area contributed by atoms with Crippen molar-refractivity contribution in [1.82, 2.24) is 9.55 Å². The summed E-state index contributed by atoms with van der Waals surface area (Å²) in [7, 11) is 1.95. The van der Waals surface area contributed by atoms with Gasteiger partial charge in [0.15, 0.2) is 0 Å². The summed E-state index contributed by atoms with van der Waals surface area (Å²) in [6.07, 6.45) is 1.67. The van der Waals surface area contributed by atoms with Gasteiger partial charge in [0.2, 0.25) is 0 Å². The Bertz CT molecular complexity index is 1090. The predicted octanol–water partition coefficient (Wildman–Crippen LogP) is 4.43. The van der Waals surface area contributed by atoms with Crippen molar-refractivity contribution in [2.75, 3.05) is 0 Å². The van der Waals surface area contributed by atoms with Gasteiger partial charge in [-0.1, -0.05) is 24.3 Å². The molecule has 4 rings (SSSR count). The number of benzene rings is 2. The van der Waals surface area contributed by atoms with E-state index >= 15 is 0 Å². The third-order valence-corrected chi connectivity index (χ3v) is 4.00. The minimum Gasteiger partial charge on any atom is -0.456 e. The van der Waals surface area contributed by atoms with Crippen LogP contribution < -0.4 is 4.74 Å². The summed E-state index contributed by atoms with van der Waals surface area (Å²) in [4.78, 5) is 14.9. The lowest BCUT2D eigenvalue weighted by molar-refractivity contribution is -0.384. The molecule has 4 aromatic rings. The summed E-state index contributed by atoms with van der Waals surface area (Å²) in [6, 6.07) is 15.9. The molecule has 0 aliphatic carbocycles. The van der Waals surface area contributed by atoms with Crippen LogP contribution in [0.25, 0.3) is 21.9 Å². The normalized spacial score (nSPS) is 11.0. The second-order valence-electron chi connectivity index (χ2n) is 5.44. The Kier molecular flexibility index (Phi) is 3.16. The van der Waals surface area contributed by atoms with Gasteiger partial charge in [0, 0.05) is 24.7 Å². The van der Waals surface area contributed by atoms with E-state index in [2.05, 4.69) is 4.98 Å². The van der Waals surface area contributed by atoms with E-state index in [0.717, 1.165) is 21.9 Å². The molecule has 0 radical (unpaired) electrons. The molecule has 0 saturated heterocycles. The average Bonchev–Trinajstić information content (AvgIpc) is 2.89. The Morgan fingerprint density at radius 3 is 2.79 bits per heavy atom. The molecule has 0 N–H and O–H groups in total. The number of pyridine rings is 1. The highest BCUT2D eigenvalue weighted by molar-refractivity contribution is 6.09. The highest BCUT2D eigenvalue weighted by Gasteiger charge is 2.15. The molecule has 6 nitrogen and oxygen atoms in total. The zero-order valence-corrected chi connectivity index (χ0v) is 12.8. The fourth-order valence-electron chi connectivity index (χ4n) is 2.91. The van der Waals surface area contributed by atoms with Gasteiger partial charge in [-0.05, 0) is 18.2 Å². The highest BCUT2D eigenvalue weighted by atomic mass is 16.6. The van der Waals surface area contributed by atoms with Crippen molar-refractivity contribution in [1.29, 1.82) is 0 Å². The van der Waals surface area contributed by atoms with Gasteiger partial charge in [-0.2, -0.15) is 0 Å². The van der Waals surface area contributed by atoms with Crippen LogP contribution in [0.4, 0.5) is 5.69 Å². The number of hydrogen-bond donors (Lipinski definition) is 0. The molecule has 2 aromatic carbocycles. The van der Waals surface area contributed by atoms with Crippen LogP contribution in [0.5, 0.6) is 11.5 Å². The molecule has 0 aliphatic rings. The minimum absolute atomic E-state index is 0.00396. The van der Waals surface area contributed by atoms with E-state index in [9.17, 15) is 10.1 Å². The van der Waals surface area contributed by atoms with Crippen LogP contribution in [-0.4, -0.2) is 14.5 Å². The van der Waals surface area contributed by atoms with E-state index in [0.29, 0.717) is 11.5 Å². The maximum absolute atomic E-state index is 10.9. The molecular weight excluding hydrogens is 306 g/mol. The Morgan fingerprint density at radius 1 is 1.12 bits per heavy atom. The Labute approximate surface area is 137 Å². The van der Waals surface area contributed by atoms with Gasteiger partial charge >= 0.3 is 0 Å². The molecule has 0 fully saturated rings. The topological polar surface area (TPSA) is 70.2 Å². The first-order valence-electron chi connectivity index (χ1n) is 7.39. The molecule has 0 amide bonds. The number of fused-ring (bicyclic) bond motifs is 3. The summed E-state index contributed by atoms with van der Waals surface area (Å²) in [5.41, 5.74) is 1.85. The molecule has 6 heteroatoms. The number of aryl methyl sites for hydroxylation is 1. The van der Waals surface area contributed by atoms with Gasteiger partial charge in [-0.15, -0.1) is 0 Å². The second kappa shape index (κ2) is 5.34. The monoisotopic (exact) mass is 319 g/mol. The van der Waals surface area contributed by atoms with Crippen LogP contribution in [0, 0.1) is 10.1 Å². The number of para-hydroxylation sites is 1. The first kappa shape index (κ1) is 14.2. The standard InChI is InChI=1S/C18H13N3O3/c1-20-15-8-3-2-7-14(15)17-16(9-10-19-18(17)20)24-13-6-4-5-12(11-13)21(22)23/h2-11H,1H3. The molecule has 2 aromatic heterocycles. The predicted molar refractivity (Wildman–Crippen MR) is 91.4 cm³/mol. The Hall–Kier alpha value is -3.41. The molecule has 0 aliphatic heterocycles. The Morgan fingerprint density at radius 2 is 1.96 bits per heavy atom. The average molecular weight is 319 g/mol. The van der Waals surface area contributed by atoms with Crippen LogP contribution >= 0.6 is 0 Å². The third-order valence-electron chi connectivity index (χ3n) is 4.00. The SMILES string of the molecule is Cn1c2ccccc2c2c(Oc3cccc([N+](=O)[O-])c3)ccnc21. The summed E-state index contributed by atoms with van der Waals surface area (Å²) < 4.78 is 7.95. The van der Waals surface area contributed by atoms with Gasteiger partial charge in [0.05, 0.1) is 21.9 Å². The maximum atomic E-state index is 10.9. The first-order valence-corrected chi connectivity index (χ1v) is 7.39. The van der Waals surface area contributed by atoms with Crippen LogP contribution in [0.15, 0.2) is 60.8 Å². The maximum Gasteiger partial charge on any atom is 0.273 e. The molecule has 0 spiro atoms. The number of rotatable bonds is 3. The molecule has 2 heterocycles. The van der Waals surface area contributed by atoms with Gasteiger partial charge in [0.1, 0.15) is 17.1 Å². The van der Waals surface area contributed by atoms with Crippen molar-refractivity contribution < 1.29 is 9.66 Å².